The van der Waals surface area contributed by atoms with Gasteiger partial charge in [-0.15, -0.1) is 0 Å². The van der Waals surface area contributed by atoms with Gasteiger partial charge in [-0.25, -0.2) is 0 Å². The third-order valence-corrected chi connectivity index (χ3v) is 4.43. The Bertz CT molecular complexity index is 674. The number of hydrogen-bond donors (Lipinski definition) is 2. The minimum Gasteiger partial charge on any atom is -0.464 e. The summed E-state index contributed by atoms with van der Waals surface area (Å²) in [7, 11) is 1.51. The van der Waals surface area contributed by atoms with Crippen LogP contribution in [0.1, 0.15) is 58.4 Å². The molecule has 0 saturated heterocycles. The number of aryl methyl sites for hydroxylation is 1. The molecule has 0 heterocycles. The molecule has 0 aliphatic carbocycles. The molecule has 0 bridgehead atoms. The molecule has 0 saturated carbocycles. The number of nitrogens with two attached hydrogens (primary N) is 1. The maximum absolute atomic E-state index is 11.4. The van der Waals surface area contributed by atoms with Gasteiger partial charge in [-0.05, 0) is 37.2 Å². The molecule has 0 aromatic heterocycles. The molecule has 1 aromatic rings. The fourth-order valence-corrected chi connectivity index (χ4v) is 2.61. The van der Waals surface area contributed by atoms with Gasteiger partial charge in [0, 0.05) is 20.0 Å². The van der Waals surface area contributed by atoms with E-state index in [1.807, 2.05) is 30.3 Å². The van der Waals surface area contributed by atoms with Crippen molar-refractivity contribution in [3.05, 3.63) is 48.0 Å². The van der Waals surface area contributed by atoms with E-state index >= 15 is 0 Å². The lowest BCUT2D eigenvalue weighted by Crippen LogP contribution is -2.29. The number of carbonyl (C=O) groups is 3. The van der Waals surface area contributed by atoms with Gasteiger partial charge >= 0.3 is 5.97 Å². The van der Waals surface area contributed by atoms with Crippen LogP contribution in [0.15, 0.2) is 42.5 Å². The van der Waals surface area contributed by atoms with Crippen LogP contribution in [-0.2, 0) is 30.3 Å². The van der Waals surface area contributed by atoms with Crippen LogP contribution in [0.5, 0.6) is 0 Å². The van der Waals surface area contributed by atoms with E-state index in [2.05, 4.69) is 31.3 Å². The molecule has 180 valence electrons. The highest BCUT2D eigenvalue weighted by Crippen LogP contribution is 2.06. The smallest absolute Gasteiger partial charge is 0.306 e. The van der Waals surface area contributed by atoms with E-state index in [4.69, 9.17) is 15.2 Å². The average Bonchev–Trinajstić information content (AvgIpc) is 2.78. The van der Waals surface area contributed by atoms with Crippen LogP contribution in [0.4, 0.5) is 0 Å². The lowest BCUT2D eigenvalue weighted by molar-refractivity contribution is -0.143. The van der Waals surface area contributed by atoms with E-state index in [-0.39, 0.29) is 24.4 Å². The molecule has 1 aromatic carbocycles. The van der Waals surface area contributed by atoms with Crippen molar-refractivity contribution in [1.29, 1.82) is 0 Å². The average molecular weight is 449 g/mol. The highest BCUT2D eigenvalue weighted by atomic mass is 16.5. The summed E-state index contributed by atoms with van der Waals surface area (Å²) < 4.78 is 9.95. The van der Waals surface area contributed by atoms with Crippen LogP contribution in [0.25, 0.3) is 0 Å². The number of primary amides is 1. The Hall–Kier alpha value is -2.67. The molecule has 1 atom stereocenters. The summed E-state index contributed by atoms with van der Waals surface area (Å²) in [4.78, 5) is 33.1. The number of benzene rings is 1. The zero-order valence-electron chi connectivity index (χ0n) is 20.0. The van der Waals surface area contributed by atoms with Crippen molar-refractivity contribution in [3.63, 3.8) is 0 Å². The number of rotatable bonds is 14. The van der Waals surface area contributed by atoms with E-state index < -0.39 is 6.10 Å². The number of methoxy groups -OCH3 is 1. The van der Waals surface area contributed by atoms with Gasteiger partial charge in [0.25, 0.3) is 0 Å². The zero-order chi connectivity index (χ0) is 24.2. The predicted molar refractivity (Wildman–Crippen MR) is 127 cm³/mol. The predicted octanol–water partition coefficient (Wildman–Crippen LogP) is 3.56. The summed E-state index contributed by atoms with van der Waals surface area (Å²) in [5, 5.41) is 2.65. The molecule has 0 spiro atoms. The van der Waals surface area contributed by atoms with Gasteiger partial charge in [0.1, 0.15) is 12.7 Å². The molecule has 0 aliphatic rings. The van der Waals surface area contributed by atoms with Crippen molar-refractivity contribution in [1.82, 2.24) is 5.32 Å². The molecule has 0 fully saturated rings. The molecule has 7 heteroatoms. The van der Waals surface area contributed by atoms with E-state index in [1.165, 1.54) is 7.11 Å². The van der Waals surface area contributed by atoms with Gasteiger partial charge in [-0.3, -0.25) is 14.4 Å². The minimum absolute atomic E-state index is 0.0321. The van der Waals surface area contributed by atoms with E-state index in [0.717, 1.165) is 18.4 Å². The summed E-state index contributed by atoms with van der Waals surface area (Å²) in [6.07, 6.45) is 7.98. The maximum Gasteiger partial charge on any atom is 0.306 e. The number of hydrogen-bond acceptors (Lipinski definition) is 5. The van der Waals surface area contributed by atoms with E-state index in [1.54, 1.807) is 6.92 Å². The molecule has 1 unspecified atom stereocenters. The van der Waals surface area contributed by atoms with Crippen LogP contribution >= 0.6 is 0 Å². The van der Waals surface area contributed by atoms with Crippen LogP contribution in [0.3, 0.4) is 0 Å². The maximum atomic E-state index is 11.4. The van der Waals surface area contributed by atoms with Crippen molar-refractivity contribution in [2.45, 2.75) is 65.4 Å². The normalized spacial score (nSPS) is 11.5. The lowest BCUT2D eigenvalue weighted by atomic mass is 10.1. The van der Waals surface area contributed by atoms with Crippen molar-refractivity contribution in [3.8, 4) is 0 Å². The third kappa shape index (κ3) is 17.1. The first-order chi connectivity index (χ1) is 15.3. The van der Waals surface area contributed by atoms with Gasteiger partial charge in [0.15, 0.2) is 0 Å². The number of ether oxygens (including phenoxy) is 2. The van der Waals surface area contributed by atoms with Crippen LogP contribution < -0.4 is 11.1 Å². The fourth-order valence-electron chi connectivity index (χ4n) is 2.61. The van der Waals surface area contributed by atoms with Crippen molar-refractivity contribution in [2.75, 3.05) is 20.3 Å². The summed E-state index contributed by atoms with van der Waals surface area (Å²) in [5.41, 5.74) is 6.25. The molecule has 2 amide bonds. The van der Waals surface area contributed by atoms with Gasteiger partial charge < -0.3 is 20.5 Å². The first kappa shape index (κ1) is 29.3. The third-order valence-electron chi connectivity index (χ3n) is 4.43. The fraction of sp³-hybridized carbons (Fsp3) is 0.560. The van der Waals surface area contributed by atoms with E-state index in [9.17, 15) is 14.4 Å². The van der Waals surface area contributed by atoms with Crippen LogP contribution in [0, 0.1) is 5.92 Å². The molecule has 32 heavy (non-hydrogen) atoms. The van der Waals surface area contributed by atoms with Crippen molar-refractivity contribution >= 4 is 17.8 Å². The molecule has 7 nitrogen and oxygen atoms in total. The molecule has 1 rings (SSSR count). The Kier molecular flexibility index (Phi) is 17.5. The standard InChI is InChI=1S/C14H19NO3.C11H21NO2/c1-2-13(16)15-10-11-18-14(17)9-8-12-6-4-3-5-7-12;1-9(2)7-5-4-6-8-10(14-3)11(12)13/h3-7H,2,8-11H2,1H3,(H,15,16);5,7,9-10H,4,6,8H2,1-3H3,(H2,12,13)/b;7-5+. The summed E-state index contributed by atoms with van der Waals surface area (Å²) in [6.45, 7) is 6.67. The highest BCUT2D eigenvalue weighted by Gasteiger charge is 2.12. The number of esters is 1. The van der Waals surface area contributed by atoms with Crippen molar-refractivity contribution in [2.24, 2.45) is 11.7 Å². The molecule has 0 radical (unpaired) electrons. The topological polar surface area (TPSA) is 108 Å². The Morgan fingerprint density at radius 3 is 2.41 bits per heavy atom. The highest BCUT2D eigenvalue weighted by molar-refractivity contribution is 5.78. The van der Waals surface area contributed by atoms with Crippen LogP contribution in [-0.4, -0.2) is 44.1 Å². The quantitative estimate of drug-likeness (QED) is 0.257. The Morgan fingerprint density at radius 1 is 1.16 bits per heavy atom. The number of carbonyl (C=O) groups excluding carboxylic acids is 3. The second-order valence-corrected chi connectivity index (χ2v) is 7.64. The first-order valence-corrected chi connectivity index (χ1v) is 11.2. The SMILES string of the molecule is CCC(=O)NCCOC(=O)CCc1ccccc1.COC(CCC/C=C/C(C)C)C(N)=O. The number of nitrogens with one attached hydrogen (secondary N) is 1. The van der Waals surface area contributed by atoms with Gasteiger partial charge in [0.2, 0.25) is 11.8 Å². The monoisotopic (exact) mass is 448 g/mol. The lowest BCUT2D eigenvalue weighted by Gasteiger charge is -2.09. The molecule has 0 aliphatic heterocycles. The second-order valence-electron chi connectivity index (χ2n) is 7.64. The summed E-state index contributed by atoms with van der Waals surface area (Å²) in [6, 6.07) is 9.80. The molecule has 3 N–H and O–H groups in total. The van der Waals surface area contributed by atoms with E-state index in [0.29, 0.717) is 38.1 Å². The second kappa shape index (κ2) is 19.0. The Morgan fingerprint density at radius 2 is 1.84 bits per heavy atom. The number of allylic oxidation sites excluding steroid dienone is 2. The van der Waals surface area contributed by atoms with Gasteiger partial charge in [-0.2, -0.15) is 0 Å². The minimum atomic E-state index is -0.428. The van der Waals surface area contributed by atoms with Crippen LogP contribution in [0.2, 0.25) is 0 Å². The van der Waals surface area contributed by atoms with Gasteiger partial charge in [0.05, 0.1) is 6.54 Å². The van der Waals surface area contributed by atoms with Crippen molar-refractivity contribution < 1.29 is 23.9 Å². The largest absolute Gasteiger partial charge is 0.464 e. The summed E-state index contributed by atoms with van der Waals surface area (Å²) >= 11 is 0. The molecular formula is C25H40N2O5. The Balaban J connectivity index is 0.000000622. The summed E-state index contributed by atoms with van der Waals surface area (Å²) in [5.74, 6) is -0.0513. The first-order valence-electron chi connectivity index (χ1n) is 11.2. The zero-order valence-corrected chi connectivity index (χ0v) is 20.0. The molecular weight excluding hydrogens is 408 g/mol. The number of unbranched alkanes of at least 4 members (excludes halogenated alkanes) is 1. The number of amides is 2. The Labute approximate surface area is 192 Å². The van der Waals surface area contributed by atoms with Gasteiger partial charge in [-0.1, -0.05) is 63.3 Å².